The topological polar surface area (TPSA) is 80.5 Å². The monoisotopic (exact) mass is 346 g/mol. The van der Waals surface area contributed by atoms with Crippen LogP contribution >= 0.6 is 11.6 Å². The zero-order chi connectivity index (χ0) is 16.6. The van der Waals surface area contributed by atoms with Crippen LogP contribution in [-0.2, 0) is 10.0 Å². The highest BCUT2D eigenvalue weighted by Crippen LogP contribution is 2.32. The zero-order valence-corrected chi connectivity index (χ0v) is 12.4. The molecular formula is C10H10ClF3N2O4S. The summed E-state index contributed by atoms with van der Waals surface area (Å²) < 4.78 is 61.1. The van der Waals surface area contributed by atoms with Gasteiger partial charge in [0.15, 0.2) is 0 Å². The Morgan fingerprint density at radius 2 is 1.90 bits per heavy atom. The van der Waals surface area contributed by atoms with Crippen LogP contribution in [0.1, 0.15) is 5.56 Å². The van der Waals surface area contributed by atoms with Gasteiger partial charge in [-0.3, -0.25) is 10.1 Å². The van der Waals surface area contributed by atoms with Crippen molar-refractivity contribution < 1.29 is 26.5 Å². The summed E-state index contributed by atoms with van der Waals surface area (Å²) in [4.78, 5) is 9.24. The molecular weight excluding hydrogens is 337 g/mol. The molecule has 1 aromatic carbocycles. The average Bonchev–Trinajstić information content (AvgIpc) is 2.25. The van der Waals surface area contributed by atoms with Crippen molar-refractivity contribution in [1.29, 1.82) is 0 Å². The second kappa shape index (κ2) is 5.78. The van der Waals surface area contributed by atoms with E-state index in [2.05, 4.69) is 0 Å². The highest BCUT2D eigenvalue weighted by molar-refractivity contribution is 7.89. The predicted molar refractivity (Wildman–Crippen MR) is 68.7 cm³/mol. The van der Waals surface area contributed by atoms with Crippen LogP contribution in [0.3, 0.4) is 0 Å². The molecule has 0 aromatic heterocycles. The van der Waals surface area contributed by atoms with Crippen LogP contribution in [0.25, 0.3) is 0 Å². The molecule has 118 valence electrons. The Hall–Kier alpha value is -1.39. The first kappa shape index (κ1) is 17.7. The second-order valence-electron chi connectivity index (χ2n) is 4.20. The number of hydrogen-bond acceptors (Lipinski definition) is 4. The van der Waals surface area contributed by atoms with Crippen LogP contribution in [0.2, 0.25) is 5.02 Å². The van der Waals surface area contributed by atoms with Crippen LogP contribution in [0, 0.1) is 17.0 Å². The maximum Gasteiger partial charge on any atom is 0.402 e. The number of hydrogen-bond donors (Lipinski definition) is 0. The summed E-state index contributed by atoms with van der Waals surface area (Å²) >= 11 is 5.60. The van der Waals surface area contributed by atoms with Gasteiger partial charge in [-0.05, 0) is 18.6 Å². The van der Waals surface area contributed by atoms with Crippen molar-refractivity contribution in [2.75, 3.05) is 13.6 Å². The van der Waals surface area contributed by atoms with Gasteiger partial charge in [0, 0.05) is 13.1 Å². The molecule has 0 N–H and O–H groups in total. The Kier molecular flexibility index (Phi) is 4.86. The summed E-state index contributed by atoms with van der Waals surface area (Å²) in [6.45, 7) is -0.422. The number of aryl methyl sites for hydroxylation is 1. The minimum atomic E-state index is -4.73. The van der Waals surface area contributed by atoms with Crippen LogP contribution in [0.5, 0.6) is 0 Å². The fourth-order valence-corrected chi connectivity index (χ4v) is 3.23. The van der Waals surface area contributed by atoms with Gasteiger partial charge in [0.25, 0.3) is 5.69 Å². The molecule has 21 heavy (non-hydrogen) atoms. The quantitative estimate of drug-likeness (QED) is 0.620. The number of rotatable bonds is 4. The number of alkyl halides is 3. The summed E-state index contributed by atoms with van der Waals surface area (Å²) in [5.41, 5.74) is -0.680. The lowest BCUT2D eigenvalue weighted by molar-refractivity contribution is -0.384. The molecule has 0 unspecified atom stereocenters. The molecule has 0 heterocycles. The molecule has 0 bridgehead atoms. The maximum atomic E-state index is 12.3. The third kappa shape index (κ3) is 4.05. The Balaban J connectivity index is 3.38. The van der Waals surface area contributed by atoms with Crippen molar-refractivity contribution in [3.8, 4) is 0 Å². The van der Waals surface area contributed by atoms with E-state index in [0.717, 1.165) is 13.1 Å². The molecule has 0 aliphatic carbocycles. The second-order valence-corrected chi connectivity index (χ2v) is 6.62. The molecule has 0 aliphatic heterocycles. The van der Waals surface area contributed by atoms with Crippen LogP contribution in [0.4, 0.5) is 18.9 Å². The first-order chi connectivity index (χ1) is 9.36. The van der Waals surface area contributed by atoms with E-state index in [0.29, 0.717) is 6.07 Å². The third-order valence-electron chi connectivity index (χ3n) is 2.53. The van der Waals surface area contributed by atoms with Gasteiger partial charge in [-0.1, -0.05) is 11.6 Å². The van der Waals surface area contributed by atoms with E-state index in [9.17, 15) is 31.7 Å². The number of halogens is 4. The molecule has 0 radical (unpaired) electrons. The Morgan fingerprint density at radius 1 is 1.38 bits per heavy atom. The van der Waals surface area contributed by atoms with Crippen molar-refractivity contribution in [1.82, 2.24) is 4.31 Å². The van der Waals surface area contributed by atoms with Gasteiger partial charge >= 0.3 is 6.18 Å². The van der Waals surface area contributed by atoms with E-state index in [1.54, 1.807) is 0 Å². The molecule has 1 rings (SSSR count). The van der Waals surface area contributed by atoms with Gasteiger partial charge in [-0.2, -0.15) is 17.5 Å². The Morgan fingerprint density at radius 3 is 2.33 bits per heavy atom. The number of benzene rings is 1. The lowest BCUT2D eigenvalue weighted by Gasteiger charge is -2.19. The van der Waals surface area contributed by atoms with E-state index in [4.69, 9.17) is 11.6 Å². The van der Waals surface area contributed by atoms with Gasteiger partial charge in [0.05, 0.1) is 9.82 Å². The standard InChI is InChI=1S/C10H10ClF3N2O4S/c1-6-3-7(11)8(16(17)18)4-9(6)21(19,20)15(2)5-10(12,13)14/h3-4H,5H2,1-2H3. The average molecular weight is 347 g/mol. The van der Waals surface area contributed by atoms with Crippen molar-refractivity contribution in [2.45, 2.75) is 18.0 Å². The Labute approximate surface area is 123 Å². The highest BCUT2D eigenvalue weighted by atomic mass is 35.5. The van der Waals surface area contributed by atoms with Crippen molar-refractivity contribution >= 4 is 27.3 Å². The molecule has 0 amide bonds. The number of sulfonamides is 1. The molecule has 0 spiro atoms. The van der Waals surface area contributed by atoms with Crippen molar-refractivity contribution in [3.63, 3.8) is 0 Å². The molecule has 0 fully saturated rings. The SMILES string of the molecule is Cc1cc(Cl)c([N+](=O)[O-])cc1S(=O)(=O)N(C)CC(F)(F)F. The maximum absolute atomic E-state index is 12.3. The smallest absolute Gasteiger partial charge is 0.258 e. The highest BCUT2D eigenvalue weighted by Gasteiger charge is 2.36. The summed E-state index contributed by atoms with van der Waals surface area (Å²) in [5.74, 6) is 0. The van der Waals surface area contributed by atoms with Crippen molar-refractivity contribution in [3.05, 3.63) is 32.8 Å². The van der Waals surface area contributed by atoms with Gasteiger partial charge in [-0.15, -0.1) is 0 Å². The lowest BCUT2D eigenvalue weighted by atomic mass is 10.2. The fourth-order valence-electron chi connectivity index (χ4n) is 1.57. The summed E-state index contributed by atoms with van der Waals surface area (Å²) in [6.07, 6.45) is -4.73. The molecule has 6 nitrogen and oxygen atoms in total. The number of nitro groups is 1. The van der Waals surface area contributed by atoms with Crippen molar-refractivity contribution in [2.24, 2.45) is 0 Å². The lowest BCUT2D eigenvalue weighted by Crippen LogP contribution is -2.36. The van der Waals surface area contributed by atoms with E-state index < -0.39 is 38.3 Å². The van der Waals surface area contributed by atoms with Gasteiger partial charge < -0.3 is 0 Å². The van der Waals surface area contributed by atoms with E-state index >= 15 is 0 Å². The number of nitro benzene ring substituents is 1. The van der Waals surface area contributed by atoms with Crippen LogP contribution < -0.4 is 0 Å². The Bertz CT molecular complexity index is 676. The molecule has 0 saturated heterocycles. The van der Waals surface area contributed by atoms with E-state index in [1.165, 1.54) is 6.92 Å². The minimum Gasteiger partial charge on any atom is -0.258 e. The normalized spacial score (nSPS) is 12.7. The first-order valence-corrected chi connectivity index (χ1v) is 7.15. The van der Waals surface area contributed by atoms with E-state index in [1.807, 2.05) is 0 Å². The van der Waals surface area contributed by atoms with Gasteiger partial charge in [0.1, 0.15) is 11.6 Å². The molecule has 0 atom stereocenters. The predicted octanol–water partition coefficient (Wildman–Crippen LogP) is 2.74. The minimum absolute atomic E-state index is 0.0135. The number of nitrogens with zero attached hydrogens (tertiary/aromatic N) is 2. The molecule has 11 heteroatoms. The zero-order valence-electron chi connectivity index (χ0n) is 10.8. The molecule has 0 saturated carbocycles. The van der Waals surface area contributed by atoms with Gasteiger partial charge in [0.2, 0.25) is 10.0 Å². The summed E-state index contributed by atoms with van der Waals surface area (Å²) in [5, 5.41) is 10.4. The first-order valence-electron chi connectivity index (χ1n) is 5.34. The van der Waals surface area contributed by atoms with Crippen LogP contribution in [-0.4, -0.2) is 37.4 Å². The largest absolute Gasteiger partial charge is 0.402 e. The van der Waals surface area contributed by atoms with E-state index in [-0.39, 0.29) is 14.9 Å². The summed E-state index contributed by atoms with van der Waals surface area (Å²) in [7, 11) is -3.79. The fraction of sp³-hybridized carbons (Fsp3) is 0.400. The molecule has 1 aromatic rings. The summed E-state index contributed by atoms with van der Waals surface area (Å²) in [6, 6.07) is 1.67. The molecule has 0 aliphatic rings. The van der Waals surface area contributed by atoms with Gasteiger partial charge in [-0.25, -0.2) is 8.42 Å². The van der Waals surface area contributed by atoms with Crippen LogP contribution in [0.15, 0.2) is 17.0 Å². The third-order valence-corrected chi connectivity index (χ3v) is 4.78.